The summed E-state index contributed by atoms with van der Waals surface area (Å²) in [7, 11) is 0. The van der Waals surface area contributed by atoms with Crippen molar-refractivity contribution in [3.05, 3.63) is 23.2 Å². The number of β-amino-alcohol motifs (C(OH)–C–C–N with tert-alkyl or cyclic N) is 2. The SMILES string of the molecule is O[C@H]1CCCN(c2nc(N3CCC[C@H](O)C3)c3cc(Cl)ccc3n2)C1. The van der Waals surface area contributed by atoms with Crippen molar-refractivity contribution >= 4 is 34.3 Å². The summed E-state index contributed by atoms with van der Waals surface area (Å²) in [6.07, 6.45) is 2.85. The van der Waals surface area contributed by atoms with E-state index in [-0.39, 0.29) is 12.2 Å². The van der Waals surface area contributed by atoms with Gasteiger partial charge in [0.05, 0.1) is 17.7 Å². The summed E-state index contributed by atoms with van der Waals surface area (Å²) in [6.45, 7) is 2.83. The van der Waals surface area contributed by atoms with Crippen LogP contribution < -0.4 is 9.80 Å². The highest BCUT2D eigenvalue weighted by atomic mass is 35.5. The lowest BCUT2D eigenvalue weighted by Gasteiger charge is -2.34. The Labute approximate surface area is 152 Å². The number of fused-ring (bicyclic) bond motifs is 1. The maximum atomic E-state index is 10.1. The Morgan fingerprint density at radius 1 is 0.960 bits per heavy atom. The van der Waals surface area contributed by atoms with E-state index in [4.69, 9.17) is 21.6 Å². The van der Waals surface area contributed by atoms with E-state index in [2.05, 4.69) is 4.90 Å². The quantitative estimate of drug-likeness (QED) is 0.853. The fourth-order valence-corrected chi connectivity index (χ4v) is 3.91. The highest BCUT2D eigenvalue weighted by Crippen LogP contribution is 2.31. The molecule has 4 rings (SSSR count). The Kier molecular flexibility index (Phi) is 4.67. The monoisotopic (exact) mass is 362 g/mol. The molecule has 6 nitrogen and oxygen atoms in total. The molecule has 2 saturated heterocycles. The fourth-order valence-electron chi connectivity index (χ4n) is 3.74. The van der Waals surface area contributed by atoms with E-state index in [1.54, 1.807) is 0 Å². The van der Waals surface area contributed by atoms with Crippen molar-refractivity contribution < 1.29 is 10.2 Å². The van der Waals surface area contributed by atoms with Crippen LogP contribution in [0.3, 0.4) is 0 Å². The molecule has 0 bridgehead atoms. The van der Waals surface area contributed by atoms with Gasteiger partial charge in [-0.15, -0.1) is 0 Å². The number of nitrogens with zero attached hydrogens (tertiary/aromatic N) is 4. The highest BCUT2D eigenvalue weighted by molar-refractivity contribution is 6.31. The predicted octanol–water partition coefficient (Wildman–Crippen LogP) is 2.21. The van der Waals surface area contributed by atoms with Crippen molar-refractivity contribution in [1.29, 1.82) is 0 Å². The number of rotatable bonds is 2. The molecule has 0 spiro atoms. The van der Waals surface area contributed by atoms with Gasteiger partial charge in [-0.2, -0.15) is 4.98 Å². The van der Waals surface area contributed by atoms with Crippen molar-refractivity contribution in [3.63, 3.8) is 0 Å². The van der Waals surface area contributed by atoms with Gasteiger partial charge in [-0.3, -0.25) is 0 Å². The van der Waals surface area contributed by atoms with Gasteiger partial charge in [0.1, 0.15) is 5.82 Å². The summed E-state index contributed by atoms with van der Waals surface area (Å²) in [5, 5.41) is 21.6. The van der Waals surface area contributed by atoms with Crippen LogP contribution in [0.1, 0.15) is 25.7 Å². The maximum Gasteiger partial charge on any atom is 0.227 e. The third kappa shape index (κ3) is 3.52. The van der Waals surface area contributed by atoms with Crippen LogP contribution in [0.15, 0.2) is 18.2 Å². The normalized spacial score (nSPS) is 24.8. The van der Waals surface area contributed by atoms with E-state index in [0.717, 1.165) is 55.5 Å². The van der Waals surface area contributed by atoms with Crippen LogP contribution in [0.4, 0.5) is 11.8 Å². The molecule has 2 fully saturated rings. The molecule has 7 heteroatoms. The average molecular weight is 363 g/mol. The minimum Gasteiger partial charge on any atom is -0.391 e. The summed E-state index contributed by atoms with van der Waals surface area (Å²) in [5.74, 6) is 1.46. The third-order valence-electron chi connectivity index (χ3n) is 5.00. The van der Waals surface area contributed by atoms with Gasteiger partial charge >= 0.3 is 0 Å². The molecule has 3 heterocycles. The molecule has 2 aliphatic heterocycles. The van der Waals surface area contributed by atoms with Gasteiger partial charge in [0.25, 0.3) is 0 Å². The molecule has 2 atom stereocenters. The molecule has 0 saturated carbocycles. The first-order chi connectivity index (χ1) is 12.1. The van der Waals surface area contributed by atoms with Crippen molar-refractivity contribution in [2.45, 2.75) is 37.9 Å². The molecule has 0 unspecified atom stereocenters. The lowest BCUT2D eigenvalue weighted by molar-refractivity contribution is 0.153. The van der Waals surface area contributed by atoms with Crippen LogP contribution in [0.5, 0.6) is 0 Å². The summed E-state index contributed by atoms with van der Waals surface area (Å²) >= 11 is 6.20. The van der Waals surface area contributed by atoms with Gasteiger partial charge in [-0.05, 0) is 43.9 Å². The Hall–Kier alpha value is -1.63. The van der Waals surface area contributed by atoms with Gasteiger partial charge in [-0.25, -0.2) is 4.98 Å². The molecule has 1 aromatic heterocycles. The Balaban J connectivity index is 1.79. The van der Waals surface area contributed by atoms with Gasteiger partial charge < -0.3 is 20.0 Å². The number of aromatic nitrogens is 2. The van der Waals surface area contributed by atoms with Crippen LogP contribution in [-0.2, 0) is 0 Å². The lowest BCUT2D eigenvalue weighted by Crippen LogP contribution is -2.41. The molecule has 134 valence electrons. The molecular formula is C18H23ClN4O2. The first-order valence-corrected chi connectivity index (χ1v) is 9.31. The van der Waals surface area contributed by atoms with Crippen molar-refractivity contribution in [2.75, 3.05) is 36.0 Å². The average Bonchev–Trinajstić information content (AvgIpc) is 2.61. The molecule has 2 aliphatic rings. The number of anilines is 2. The Morgan fingerprint density at radius 2 is 1.64 bits per heavy atom. The zero-order chi connectivity index (χ0) is 17.4. The third-order valence-corrected chi connectivity index (χ3v) is 5.24. The van der Waals surface area contributed by atoms with Crippen LogP contribution in [0, 0.1) is 0 Å². The zero-order valence-corrected chi connectivity index (χ0v) is 14.9. The van der Waals surface area contributed by atoms with Gasteiger partial charge in [0.15, 0.2) is 0 Å². The first kappa shape index (κ1) is 16.8. The number of benzene rings is 1. The molecule has 2 aromatic rings. The fraction of sp³-hybridized carbons (Fsp3) is 0.556. The van der Waals surface area contributed by atoms with Gasteiger partial charge in [0, 0.05) is 36.6 Å². The summed E-state index contributed by atoms with van der Waals surface area (Å²) in [5.41, 5.74) is 0.838. The molecule has 0 radical (unpaired) electrons. The molecule has 0 aliphatic carbocycles. The van der Waals surface area contributed by atoms with E-state index >= 15 is 0 Å². The topological polar surface area (TPSA) is 72.7 Å². The number of aliphatic hydroxyl groups excluding tert-OH is 2. The van der Waals surface area contributed by atoms with Crippen LogP contribution in [0.2, 0.25) is 5.02 Å². The summed E-state index contributed by atoms with van der Waals surface area (Å²) in [6, 6.07) is 5.63. The molecular weight excluding hydrogens is 340 g/mol. The Morgan fingerprint density at radius 3 is 2.36 bits per heavy atom. The van der Waals surface area contributed by atoms with Crippen LogP contribution in [-0.4, -0.2) is 58.6 Å². The standard InChI is InChI=1S/C18H23ClN4O2/c19-12-5-6-16-15(9-12)17(22-7-1-3-13(24)10-22)21-18(20-16)23-8-2-4-14(25)11-23/h5-6,9,13-14,24-25H,1-4,7-8,10-11H2/t13-,14-/m0/s1. The van der Waals surface area contributed by atoms with E-state index in [1.807, 2.05) is 23.1 Å². The second-order valence-corrected chi connectivity index (χ2v) is 7.43. The predicted molar refractivity (Wildman–Crippen MR) is 99.5 cm³/mol. The number of halogens is 1. The number of aliphatic hydroxyl groups is 2. The largest absolute Gasteiger partial charge is 0.391 e. The van der Waals surface area contributed by atoms with Crippen molar-refractivity contribution in [1.82, 2.24) is 9.97 Å². The summed E-state index contributed by atoms with van der Waals surface area (Å²) < 4.78 is 0. The minimum absolute atomic E-state index is 0.335. The second kappa shape index (κ2) is 6.94. The molecule has 1 aromatic carbocycles. The van der Waals surface area contributed by atoms with Crippen molar-refractivity contribution in [2.24, 2.45) is 0 Å². The second-order valence-electron chi connectivity index (χ2n) is 6.99. The molecule has 2 N–H and O–H groups in total. The molecule has 25 heavy (non-hydrogen) atoms. The highest BCUT2D eigenvalue weighted by Gasteiger charge is 2.25. The van der Waals surface area contributed by atoms with Gasteiger partial charge in [-0.1, -0.05) is 11.6 Å². The zero-order valence-electron chi connectivity index (χ0n) is 14.1. The first-order valence-electron chi connectivity index (χ1n) is 8.93. The van der Waals surface area contributed by atoms with E-state index < -0.39 is 0 Å². The smallest absolute Gasteiger partial charge is 0.227 e. The van der Waals surface area contributed by atoms with E-state index in [0.29, 0.717) is 24.1 Å². The summed E-state index contributed by atoms with van der Waals surface area (Å²) in [4.78, 5) is 13.7. The molecule has 0 amide bonds. The van der Waals surface area contributed by atoms with E-state index in [1.165, 1.54) is 0 Å². The van der Waals surface area contributed by atoms with Crippen molar-refractivity contribution in [3.8, 4) is 0 Å². The van der Waals surface area contributed by atoms with Crippen LogP contribution >= 0.6 is 11.6 Å². The maximum absolute atomic E-state index is 10.1. The number of hydrogen-bond acceptors (Lipinski definition) is 6. The number of hydrogen-bond donors (Lipinski definition) is 2. The lowest BCUT2D eigenvalue weighted by atomic mass is 10.1. The van der Waals surface area contributed by atoms with Gasteiger partial charge in [0.2, 0.25) is 5.95 Å². The number of piperidine rings is 2. The minimum atomic E-state index is -0.335. The Bertz CT molecular complexity index is 772. The van der Waals surface area contributed by atoms with Crippen LogP contribution in [0.25, 0.3) is 10.9 Å². The van der Waals surface area contributed by atoms with E-state index in [9.17, 15) is 10.2 Å².